The van der Waals surface area contributed by atoms with Crippen LogP contribution in [-0.2, 0) is 200 Å². The molecule has 0 aromatic carbocycles. The summed E-state index contributed by atoms with van der Waals surface area (Å²) in [5.41, 5.74) is 0.536. The second kappa shape index (κ2) is 32.5. The van der Waals surface area contributed by atoms with E-state index in [2.05, 4.69) is 31.1 Å². The molecule has 20 fully saturated rings. The molecule has 0 N–H and O–H groups in total. The minimum absolute atomic E-state index is 0.0283. The summed E-state index contributed by atoms with van der Waals surface area (Å²) < 4.78 is 140. The quantitative estimate of drug-likeness (QED) is 0.0486. The van der Waals surface area contributed by atoms with Gasteiger partial charge in [0.05, 0.1) is 77.6 Å². The lowest BCUT2D eigenvalue weighted by Gasteiger charge is -2.34. The van der Waals surface area contributed by atoms with Crippen LogP contribution in [0.1, 0.15) is 91.9 Å². The van der Waals surface area contributed by atoms with Crippen LogP contribution in [0.4, 0.5) is 4.79 Å². The molecule has 43 nitrogen and oxygen atoms in total. The lowest BCUT2D eigenvalue weighted by molar-refractivity contribution is -0.227. The molecule has 44 heteroatoms. The highest BCUT2D eigenvalue weighted by Crippen LogP contribution is 2.66. The molecule has 12 bridgehead atoms. The zero-order valence-corrected chi connectivity index (χ0v) is 68.6. The van der Waals surface area contributed by atoms with Gasteiger partial charge in [-0.15, -0.1) is 0 Å². The van der Waals surface area contributed by atoms with Crippen LogP contribution in [0.3, 0.4) is 0 Å². The van der Waals surface area contributed by atoms with E-state index in [9.17, 15) is 99.5 Å². The number of rotatable bonds is 25. The van der Waals surface area contributed by atoms with Gasteiger partial charge in [0, 0.05) is 88.4 Å². The van der Waals surface area contributed by atoms with Gasteiger partial charge in [0.15, 0.2) is 32.5 Å². The zero-order chi connectivity index (χ0) is 89.8. The van der Waals surface area contributed by atoms with Crippen molar-refractivity contribution in [2.45, 2.75) is 182 Å². The lowest BCUT2D eigenvalue weighted by atomic mass is 9.78. The molecule has 0 aromatic rings. The number of carbonyl (C=O) groups excluding carboxylic acids is 19. The minimum Gasteiger partial charge on any atom is -0.463 e. The molecule has 678 valence electrons. The molecule has 34 unspecified atom stereocenters. The first kappa shape index (κ1) is 86.7. The summed E-state index contributed by atoms with van der Waals surface area (Å²) in [6, 6.07) is 0. The van der Waals surface area contributed by atoms with Gasteiger partial charge in [0.2, 0.25) is 11.9 Å². The van der Waals surface area contributed by atoms with E-state index in [0.29, 0.717) is 51.4 Å². The van der Waals surface area contributed by atoms with E-state index >= 15 is 0 Å². The Morgan fingerprint density at radius 3 is 1.18 bits per heavy atom. The number of cyclic esters (lactones) is 3. The smallest absolute Gasteiger partial charge is 0.463 e. The Morgan fingerprint density at radius 2 is 0.817 bits per heavy atom. The van der Waals surface area contributed by atoms with E-state index < -0.39 is 317 Å². The Labute approximate surface area is 713 Å². The number of carbonyl (C=O) groups is 19. The number of ether oxygens (including phenoxy) is 21. The molecule has 0 radical (unpaired) electrons. The molecule has 10 aliphatic carbocycles. The maximum absolute atomic E-state index is 13.4. The van der Waals surface area contributed by atoms with Crippen molar-refractivity contribution in [3.05, 3.63) is 48.6 Å². The molecule has 20 aliphatic rings. The van der Waals surface area contributed by atoms with Gasteiger partial charge in [-0.1, -0.05) is 26.3 Å². The van der Waals surface area contributed by atoms with E-state index in [1.807, 2.05) is 0 Å². The molecule has 10 saturated carbocycles. The molecule has 126 heavy (non-hydrogen) atoms. The average molecular weight is 1790 g/mol. The molecule has 0 aromatic heterocycles. The third-order valence-electron chi connectivity index (χ3n) is 27.9. The predicted molar refractivity (Wildman–Crippen MR) is 389 cm³/mol. The maximum atomic E-state index is 13.4. The average Bonchev–Trinajstić information content (AvgIpc) is 1.63. The van der Waals surface area contributed by atoms with Crippen LogP contribution in [0.25, 0.3) is 0 Å². The number of hydrogen-bond donors (Lipinski definition) is 0. The van der Waals surface area contributed by atoms with Crippen molar-refractivity contribution in [2.24, 2.45) is 112 Å². The topological polar surface area (TPSA) is 562 Å². The molecular weight excluding hydrogens is 1700 g/mol. The maximum Gasteiger partial charge on any atom is 0.508 e. The van der Waals surface area contributed by atoms with Gasteiger partial charge in [0.25, 0.3) is 15.9 Å². The Kier molecular flexibility index (Phi) is 22.3. The lowest BCUT2D eigenvalue weighted by Crippen LogP contribution is -2.49. The summed E-state index contributed by atoms with van der Waals surface area (Å²) in [4.78, 5) is 231. The number of esters is 18. The molecular formula is C82H86O43S. The first-order valence-corrected chi connectivity index (χ1v) is 42.8. The van der Waals surface area contributed by atoms with Gasteiger partial charge in [-0.25, -0.2) is 52.1 Å². The van der Waals surface area contributed by atoms with E-state index in [1.54, 1.807) is 0 Å². The first-order valence-electron chi connectivity index (χ1n) is 41.3. The summed E-state index contributed by atoms with van der Waals surface area (Å²) >= 11 is 0. The van der Waals surface area contributed by atoms with Crippen molar-refractivity contribution < 1.29 is 203 Å². The summed E-state index contributed by atoms with van der Waals surface area (Å²) in [6.45, 7) is 16.9. The normalized spacial score (nSPS) is 40.9. The Hall–Kier alpha value is -11.4. The monoisotopic (exact) mass is 1790 g/mol. The third-order valence-corrected chi connectivity index (χ3v) is 29.7. The molecule has 34 atom stereocenters. The summed E-state index contributed by atoms with van der Waals surface area (Å²) in [6.07, 6.45) is -5.14. The van der Waals surface area contributed by atoms with E-state index in [0.717, 1.165) is 0 Å². The van der Waals surface area contributed by atoms with Crippen molar-refractivity contribution in [3.8, 4) is 0 Å². The van der Waals surface area contributed by atoms with E-state index in [-0.39, 0.29) is 90.6 Å². The van der Waals surface area contributed by atoms with Crippen molar-refractivity contribution in [3.63, 3.8) is 0 Å². The van der Waals surface area contributed by atoms with Crippen LogP contribution in [0, 0.1) is 112 Å². The Balaban J connectivity index is 0.000000119. The highest BCUT2D eigenvalue weighted by atomic mass is 32.2. The standard InChI is InChI=1S/C22H24O11S.C22H22O11.C19H20O11.C19H20O10/c1-8(2)19(24)29-7-14(23)30-17-11-5-10-15(20(25)31-18(10)17)16(11)21(26)32-22-6-9-3-12(22)13(4-9)34(27,28)33-22;1-7(2)18(24)28-6-12(23)30-15-10-4-9-13(20(26)31-16(9)15)14(10)21(27)33-22-5-8-3-11(17(22)29-8)19(25)32-22;1-7(2)16(21)26-6-11(20)29-14-9-3-10-13(18(23)30-15(10)14)12(9)17(22)25-4-8-5-27-19(24)28-8;1-7(2)16(21)26-6-11(20)28-14-8-5-9-13(19(24)29-15(9)14)12(8)18(23)27-10-3-4-25-17(10)22/h9-13,15-18H,1,3-7H2,2H3;8-11,13-17H,1,3-6H2,2H3;8-10,12-15H,1,3-6H2,2H3;8-10,12-15H,1,3-6H2,2H3. The van der Waals surface area contributed by atoms with Gasteiger partial charge < -0.3 is 99.5 Å². The molecule has 10 heterocycles. The zero-order valence-electron chi connectivity index (χ0n) is 67.8. The van der Waals surface area contributed by atoms with Crippen molar-refractivity contribution in [2.75, 3.05) is 46.2 Å². The van der Waals surface area contributed by atoms with Crippen LogP contribution >= 0.6 is 0 Å². The van der Waals surface area contributed by atoms with Crippen LogP contribution in [0.2, 0.25) is 0 Å². The SMILES string of the molecule is C=C(C)C(=O)OCC(=O)OC1C2CC3C1OC(=O)C3C2C(=O)OC12CC3CC(C(=O)O1)C2O3.C=C(C)C(=O)OCC(=O)OC1C2CC3C1OC(=O)C3C2C(=O)OC12CC3CC1C(C3)S(=O)(=O)O2.C=C(C)C(=O)OCC(=O)OC1C2CC3C1OC(=O)C3C2C(=O)OC1CCOC1=O.C=C(C)C(=O)OCC(=O)OC1C2CC3C1OC(=O)C3C2C(=O)OCC1COC(=O)O1. The Morgan fingerprint density at radius 1 is 0.421 bits per heavy atom. The van der Waals surface area contributed by atoms with Crippen molar-refractivity contribution in [1.82, 2.24) is 0 Å². The fourth-order valence-electron chi connectivity index (χ4n) is 23.1. The fourth-order valence-corrected chi connectivity index (χ4v) is 25.1. The van der Waals surface area contributed by atoms with Gasteiger partial charge in [-0.2, -0.15) is 8.42 Å². The molecule has 20 rings (SSSR count). The van der Waals surface area contributed by atoms with Crippen LogP contribution in [0.15, 0.2) is 48.6 Å². The molecule has 10 saturated heterocycles. The predicted octanol–water partition coefficient (Wildman–Crippen LogP) is -0.391. The van der Waals surface area contributed by atoms with Crippen LogP contribution in [0.5, 0.6) is 0 Å². The summed E-state index contributed by atoms with van der Waals surface area (Å²) in [7, 11) is -3.82. The third kappa shape index (κ3) is 15.0. The van der Waals surface area contributed by atoms with E-state index in [4.69, 9.17) is 98.9 Å². The summed E-state index contributed by atoms with van der Waals surface area (Å²) in [5, 5.41) is -0.671. The van der Waals surface area contributed by atoms with Gasteiger partial charge in [-0.3, -0.25) is 43.2 Å². The molecule has 10 aliphatic heterocycles. The minimum atomic E-state index is -3.82. The van der Waals surface area contributed by atoms with Gasteiger partial charge >= 0.3 is 114 Å². The largest absolute Gasteiger partial charge is 0.508 e. The van der Waals surface area contributed by atoms with E-state index in [1.165, 1.54) is 27.7 Å². The van der Waals surface area contributed by atoms with Crippen molar-refractivity contribution in [1.29, 1.82) is 0 Å². The second-order valence-corrected chi connectivity index (χ2v) is 37.3. The first-order chi connectivity index (χ1) is 59.7. The molecule has 0 spiro atoms. The highest BCUT2D eigenvalue weighted by Gasteiger charge is 2.78. The molecule has 0 amide bonds. The van der Waals surface area contributed by atoms with Crippen molar-refractivity contribution >= 4 is 124 Å². The number of fused-ring (bicyclic) bond motifs is 6. The van der Waals surface area contributed by atoms with Gasteiger partial charge in [-0.05, 0) is 78.6 Å². The van der Waals surface area contributed by atoms with Crippen LogP contribution in [-0.4, -0.2) is 258 Å². The van der Waals surface area contributed by atoms with Gasteiger partial charge in [0.1, 0.15) is 68.1 Å². The Bertz CT molecular complexity index is 4940. The fraction of sp³-hybridized carbons (Fsp3) is 0.671. The summed E-state index contributed by atoms with van der Waals surface area (Å²) in [5.74, 6) is -25.4. The second-order valence-electron chi connectivity index (χ2n) is 35.5. The van der Waals surface area contributed by atoms with Crippen LogP contribution < -0.4 is 0 Å². The number of hydrogen-bond acceptors (Lipinski definition) is 43. The highest BCUT2D eigenvalue weighted by molar-refractivity contribution is 7.87.